The normalized spacial score (nSPS) is 25.1. The number of hydrogen-bond acceptors (Lipinski definition) is 5. The van der Waals surface area contributed by atoms with Crippen molar-refractivity contribution in [3.8, 4) is 11.5 Å². The third-order valence-corrected chi connectivity index (χ3v) is 6.82. The lowest BCUT2D eigenvalue weighted by Gasteiger charge is -2.21. The van der Waals surface area contributed by atoms with E-state index in [2.05, 4.69) is 15.5 Å². The fraction of sp³-hybridized carbons (Fsp3) is 0.533. The minimum absolute atomic E-state index is 0.0000954. The van der Waals surface area contributed by atoms with Crippen molar-refractivity contribution in [2.45, 2.75) is 31.4 Å². The maximum absolute atomic E-state index is 12.9. The van der Waals surface area contributed by atoms with E-state index in [4.69, 9.17) is 4.42 Å². The van der Waals surface area contributed by atoms with Crippen LogP contribution in [0.1, 0.15) is 17.7 Å². The fourth-order valence-corrected chi connectivity index (χ4v) is 5.15. The molecule has 2 atom stereocenters. The average Bonchev–Trinajstić information content (AvgIpc) is 3.24. The molecule has 8 heteroatoms. The zero-order chi connectivity index (χ0) is 16.2. The quantitative estimate of drug-likeness (QED) is 0.881. The molecule has 2 aliphatic rings. The molecule has 0 aliphatic carbocycles. The lowest BCUT2D eigenvalue weighted by molar-refractivity contribution is 0.362. The molecule has 4 heterocycles. The Balaban J connectivity index is 1.67. The number of fused-ring (bicyclic) bond motifs is 1. The molecule has 124 valence electrons. The predicted octanol–water partition coefficient (Wildman–Crippen LogP) is 1.27. The minimum atomic E-state index is -3.60. The number of aromatic amines is 1. The molecule has 2 aromatic heterocycles. The predicted molar refractivity (Wildman–Crippen MR) is 84.4 cm³/mol. The van der Waals surface area contributed by atoms with E-state index in [0.29, 0.717) is 23.9 Å². The molecule has 0 radical (unpaired) electrons. The van der Waals surface area contributed by atoms with Gasteiger partial charge in [0.15, 0.2) is 5.76 Å². The molecule has 23 heavy (non-hydrogen) atoms. The first kappa shape index (κ1) is 14.9. The van der Waals surface area contributed by atoms with Gasteiger partial charge in [-0.1, -0.05) is 0 Å². The molecule has 2 aromatic rings. The van der Waals surface area contributed by atoms with Crippen LogP contribution in [0.25, 0.3) is 11.5 Å². The second-order valence-corrected chi connectivity index (χ2v) is 8.15. The molecule has 2 aliphatic heterocycles. The van der Waals surface area contributed by atoms with Crippen molar-refractivity contribution >= 4 is 10.0 Å². The standard InChI is InChI=1S/C15H20N4O3S/c1-9-10(2)17-18-15(9)13-3-4-14(22-13)23(20,21)19-6-5-11-7-16-8-12(11)19/h3-4,11-12,16H,5-8H2,1-2H3,(H,17,18)/t11-,12+/m0/s1. The van der Waals surface area contributed by atoms with E-state index in [1.165, 1.54) is 6.07 Å². The molecule has 7 nitrogen and oxygen atoms in total. The van der Waals surface area contributed by atoms with Crippen molar-refractivity contribution in [2.75, 3.05) is 19.6 Å². The van der Waals surface area contributed by atoms with E-state index >= 15 is 0 Å². The molecule has 0 amide bonds. The largest absolute Gasteiger partial charge is 0.442 e. The number of aromatic nitrogens is 2. The van der Waals surface area contributed by atoms with Gasteiger partial charge in [0.2, 0.25) is 5.09 Å². The number of sulfonamides is 1. The highest BCUT2D eigenvalue weighted by Gasteiger charge is 2.44. The van der Waals surface area contributed by atoms with Crippen LogP contribution in [0.3, 0.4) is 0 Å². The van der Waals surface area contributed by atoms with E-state index in [1.807, 2.05) is 13.8 Å². The number of nitrogens with one attached hydrogen (secondary N) is 2. The van der Waals surface area contributed by atoms with E-state index in [9.17, 15) is 8.42 Å². The van der Waals surface area contributed by atoms with Crippen molar-refractivity contribution in [1.82, 2.24) is 19.8 Å². The van der Waals surface area contributed by atoms with Crippen LogP contribution in [0.5, 0.6) is 0 Å². The van der Waals surface area contributed by atoms with Crippen LogP contribution < -0.4 is 5.32 Å². The maximum atomic E-state index is 12.9. The third-order valence-electron chi connectivity index (χ3n) is 5.03. The summed E-state index contributed by atoms with van der Waals surface area (Å²) >= 11 is 0. The molecule has 0 saturated carbocycles. The first-order chi connectivity index (χ1) is 11.0. The number of hydrogen-bond donors (Lipinski definition) is 2. The van der Waals surface area contributed by atoms with E-state index in [0.717, 1.165) is 30.8 Å². The highest BCUT2D eigenvalue weighted by Crippen LogP contribution is 2.34. The minimum Gasteiger partial charge on any atom is -0.442 e. The van der Waals surface area contributed by atoms with Gasteiger partial charge in [-0.15, -0.1) is 0 Å². The Morgan fingerprint density at radius 3 is 2.87 bits per heavy atom. The monoisotopic (exact) mass is 336 g/mol. The van der Waals surface area contributed by atoms with Crippen molar-refractivity contribution < 1.29 is 12.8 Å². The lowest BCUT2D eigenvalue weighted by Crippen LogP contribution is -2.38. The second-order valence-electron chi connectivity index (χ2n) is 6.33. The molecule has 0 spiro atoms. The Kier molecular flexibility index (Phi) is 3.36. The topological polar surface area (TPSA) is 91.2 Å². The van der Waals surface area contributed by atoms with Gasteiger partial charge < -0.3 is 9.73 Å². The summed E-state index contributed by atoms with van der Waals surface area (Å²) in [5.74, 6) is 0.890. The molecule has 0 unspecified atom stereocenters. The zero-order valence-electron chi connectivity index (χ0n) is 13.2. The van der Waals surface area contributed by atoms with Crippen molar-refractivity contribution in [3.05, 3.63) is 23.4 Å². The summed E-state index contributed by atoms with van der Waals surface area (Å²) in [6.07, 6.45) is 0.905. The molecule has 2 N–H and O–H groups in total. The van der Waals surface area contributed by atoms with Gasteiger partial charge in [-0.25, -0.2) is 8.42 Å². The van der Waals surface area contributed by atoms with Crippen LogP contribution in [-0.2, 0) is 10.0 Å². The molecule has 0 aromatic carbocycles. The summed E-state index contributed by atoms with van der Waals surface area (Å²) < 4.78 is 33.0. The Hall–Kier alpha value is -1.64. The van der Waals surface area contributed by atoms with Crippen LogP contribution >= 0.6 is 0 Å². The van der Waals surface area contributed by atoms with Gasteiger partial charge in [-0.2, -0.15) is 9.40 Å². The van der Waals surface area contributed by atoms with Gasteiger partial charge in [0, 0.05) is 30.4 Å². The SMILES string of the molecule is Cc1[nH]nc(-c2ccc(S(=O)(=O)N3CC[C@H]4CNC[C@H]43)o2)c1C. The highest BCUT2D eigenvalue weighted by molar-refractivity contribution is 7.89. The van der Waals surface area contributed by atoms with Gasteiger partial charge in [-0.05, 0) is 44.9 Å². The number of H-pyrrole nitrogens is 1. The maximum Gasteiger partial charge on any atom is 0.276 e. The molecular weight excluding hydrogens is 316 g/mol. The van der Waals surface area contributed by atoms with Crippen LogP contribution in [-0.4, -0.2) is 48.6 Å². The summed E-state index contributed by atoms with van der Waals surface area (Å²) in [6.45, 7) is 6.03. The Morgan fingerprint density at radius 2 is 2.13 bits per heavy atom. The number of furan rings is 1. The van der Waals surface area contributed by atoms with Crippen LogP contribution in [0, 0.1) is 19.8 Å². The fourth-order valence-electron chi connectivity index (χ4n) is 3.53. The second kappa shape index (κ2) is 5.19. The highest BCUT2D eigenvalue weighted by atomic mass is 32.2. The van der Waals surface area contributed by atoms with Crippen LogP contribution in [0.4, 0.5) is 0 Å². The van der Waals surface area contributed by atoms with Gasteiger partial charge in [-0.3, -0.25) is 5.10 Å². The summed E-state index contributed by atoms with van der Waals surface area (Å²) in [6, 6.07) is 3.25. The number of aryl methyl sites for hydroxylation is 1. The van der Waals surface area contributed by atoms with E-state index < -0.39 is 10.0 Å². The average molecular weight is 336 g/mol. The van der Waals surface area contributed by atoms with Crippen LogP contribution in [0.2, 0.25) is 0 Å². The number of rotatable bonds is 3. The van der Waals surface area contributed by atoms with Crippen molar-refractivity contribution in [1.29, 1.82) is 0 Å². The summed E-state index contributed by atoms with van der Waals surface area (Å²) in [5.41, 5.74) is 2.57. The molecule has 4 rings (SSSR count). The molecule has 2 fully saturated rings. The summed E-state index contributed by atoms with van der Waals surface area (Å²) in [5, 5.41) is 10.4. The van der Waals surface area contributed by atoms with Gasteiger partial charge in [0.05, 0.1) is 0 Å². The molecule has 0 bridgehead atoms. The first-order valence-corrected chi connectivity index (χ1v) is 9.27. The Bertz CT molecular complexity index is 839. The zero-order valence-corrected chi connectivity index (χ0v) is 14.0. The third kappa shape index (κ3) is 2.24. The smallest absolute Gasteiger partial charge is 0.276 e. The van der Waals surface area contributed by atoms with Crippen molar-refractivity contribution in [2.24, 2.45) is 5.92 Å². The summed E-state index contributed by atoms with van der Waals surface area (Å²) in [7, 11) is -3.60. The Labute approximate surface area is 135 Å². The number of nitrogens with zero attached hydrogens (tertiary/aromatic N) is 2. The van der Waals surface area contributed by atoms with E-state index in [-0.39, 0.29) is 11.1 Å². The van der Waals surface area contributed by atoms with Crippen LogP contribution in [0.15, 0.2) is 21.6 Å². The van der Waals surface area contributed by atoms with Gasteiger partial charge >= 0.3 is 0 Å². The first-order valence-electron chi connectivity index (χ1n) is 7.83. The van der Waals surface area contributed by atoms with E-state index in [1.54, 1.807) is 10.4 Å². The van der Waals surface area contributed by atoms with Gasteiger partial charge in [0.1, 0.15) is 5.69 Å². The lowest BCUT2D eigenvalue weighted by atomic mass is 10.1. The van der Waals surface area contributed by atoms with Crippen molar-refractivity contribution in [3.63, 3.8) is 0 Å². The van der Waals surface area contributed by atoms with Gasteiger partial charge in [0.25, 0.3) is 10.0 Å². The molecular formula is C15H20N4O3S. The summed E-state index contributed by atoms with van der Waals surface area (Å²) in [4.78, 5) is 0. The molecule has 2 saturated heterocycles. The Morgan fingerprint density at radius 1 is 1.30 bits per heavy atom.